The van der Waals surface area contributed by atoms with E-state index >= 15 is 0 Å². The Labute approximate surface area is 127 Å². The monoisotopic (exact) mass is 290 g/mol. The van der Waals surface area contributed by atoms with Crippen LogP contribution in [0.4, 0.5) is 0 Å². The van der Waals surface area contributed by atoms with E-state index in [1.807, 2.05) is 6.92 Å². The fraction of sp³-hybridized carbons (Fsp3) is 0.667. The Hall–Kier alpha value is -1.38. The number of ether oxygens (including phenoxy) is 1. The SMILES string of the molecule is C/C=C(/C)C(=O)O[C@H]1CC[C@H](C)[C@@]2(C)C=C(C(C)=O)C[C@@H]12. The Balaban J connectivity index is 2.21. The van der Waals surface area contributed by atoms with Crippen molar-refractivity contribution in [3.63, 3.8) is 0 Å². The first-order valence-electron chi connectivity index (χ1n) is 7.86. The summed E-state index contributed by atoms with van der Waals surface area (Å²) in [6.45, 7) is 9.69. The average Bonchev–Trinajstić information content (AvgIpc) is 2.81. The van der Waals surface area contributed by atoms with Crippen LogP contribution in [0.2, 0.25) is 0 Å². The van der Waals surface area contributed by atoms with Crippen molar-refractivity contribution >= 4 is 11.8 Å². The van der Waals surface area contributed by atoms with Gasteiger partial charge in [0.2, 0.25) is 0 Å². The summed E-state index contributed by atoms with van der Waals surface area (Å²) in [5, 5.41) is 0. The minimum absolute atomic E-state index is 0.0337. The van der Waals surface area contributed by atoms with E-state index in [0.717, 1.165) is 24.8 Å². The zero-order valence-electron chi connectivity index (χ0n) is 13.7. The van der Waals surface area contributed by atoms with Crippen molar-refractivity contribution in [2.75, 3.05) is 0 Å². The van der Waals surface area contributed by atoms with Crippen LogP contribution in [-0.4, -0.2) is 17.9 Å². The molecule has 0 spiro atoms. The number of fused-ring (bicyclic) bond motifs is 1. The van der Waals surface area contributed by atoms with E-state index in [1.54, 1.807) is 19.9 Å². The molecule has 0 aromatic carbocycles. The molecule has 0 radical (unpaired) electrons. The molecule has 3 nitrogen and oxygen atoms in total. The van der Waals surface area contributed by atoms with Crippen LogP contribution in [0.1, 0.15) is 53.9 Å². The Morgan fingerprint density at radius 1 is 1.33 bits per heavy atom. The lowest BCUT2D eigenvalue weighted by molar-refractivity contribution is -0.153. The van der Waals surface area contributed by atoms with Crippen LogP contribution >= 0.6 is 0 Å². The second kappa shape index (κ2) is 5.78. The second-order valence-corrected chi connectivity index (χ2v) is 6.80. The first kappa shape index (κ1) is 16.0. The molecule has 1 fully saturated rings. The van der Waals surface area contributed by atoms with Gasteiger partial charge >= 0.3 is 5.97 Å². The maximum Gasteiger partial charge on any atom is 0.333 e. The Morgan fingerprint density at radius 2 is 2.00 bits per heavy atom. The number of Topliss-reactive ketones (excluding diaryl/α,β-unsaturated/α-hetero) is 1. The van der Waals surface area contributed by atoms with Crippen LogP contribution in [0.3, 0.4) is 0 Å². The summed E-state index contributed by atoms with van der Waals surface area (Å²) in [6.07, 6.45) is 6.50. The summed E-state index contributed by atoms with van der Waals surface area (Å²) in [5.74, 6) is 0.661. The third kappa shape index (κ3) is 2.83. The van der Waals surface area contributed by atoms with Crippen molar-refractivity contribution < 1.29 is 14.3 Å². The molecule has 2 rings (SSSR count). The van der Waals surface area contributed by atoms with E-state index in [-0.39, 0.29) is 29.2 Å². The number of hydrogen-bond acceptors (Lipinski definition) is 3. The average molecular weight is 290 g/mol. The van der Waals surface area contributed by atoms with Gasteiger partial charge in [-0.25, -0.2) is 4.79 Å². The van der Waals surface area contributed by atoms with Crippen molar-refractivity contribution in [2.24, 2.45) is 17.3 Å². The molecule has 2 aliphatic rings. The number of hydrogen-bond donors (Lipinski definition) is 0. The number of ketones is 1. The maximum absolute atomic E-state index is 12.1. The number of rotatable bonds is 3. The predicted octanol–water partition coefficient (Wildman–Crippen LogP) is 3.84. The molecule has 1 saturated carbocycles. The molecule has 0 N–H and O–H groups in total. The van der Waals surface area contributed by atoms with E-state index < -0.39 is 0 Å². The molecule has 0 aromatic rings. The quantitative estimate of drug-likeness (QED) is 0.586. The van der Waals surface area contributed by atoms with Gasteiger partial charge in [0.25, 0.3) is 0 Å². The summed E-state index contributed by atoms with van der Waals surface area (Å²) in [4.78, 5) is 23.8. The summed E-state index contributed by atoms with van der Waals surface area (Å²) in [6, 6.07) is 0. The summed E-state index contributed by atoms with van der Waals surface area (Å²) >= 11 is 0. The standard InChI is InChI=1S/C18H26O3/c1-6-11(2)17(20)21-16-8-7-12(3)18(5)10-14(13(4)19)9-15(16)18/h6,10,12,15-16H,7-9H2,1-5H3/b11-6-/t12-,15-,16-,18+/m0/s1. The normalized spacial score (nSPS) is 36.0. The van der Waals surface area contributed by atoms with Crippen molar-refractivity contribution in [2.45, 2.75) is 60.0 Å². The van der Waals surface area contributed by atoms with Crippen molar-refractivity contribution in [1.29, 1.82) is 0 Å². The van der Waals surface area contributed by atoms with Gasteiger partial charge in [0, 0.05) is 11.5 Å². The third-order valence-corrected chi connectivity index (χ3v) is 5.58. The lowest BCUT2D eigenvalue weighted by Gasteiger charge is -2.45. The van der Waals surface area contributed by atoms with E-state index in [4.69, 9.17) is 4.74 Å². The summed E-state index contributed by atoms with van der Waals surface area (Å²) < 4.78 is 5.75. The molecular formula is C18H26O3. The van der Waals surface area contributed by atoms with Gasteiger partial charge in [-0.3, -0.25) is 4.79 Å². The van der Waals surface area contributed by atoms with E-state index in [2.05, 4.69) is 19.9 Å². The van der Waals surface area contributed by atoms with Gasteiger partial charge < -0.3 is 4.74 Å². The predicted molar refractivity (Wildman–Crippen MR) is 82.7 cm³/mol. The topological polar surface area (TPSA) is 43.4 Å². The number of carbonyl (C=O) groups excluding carboxylic acids is 2. The van der Waals surface area contributed by atoms with Crippen LogP contribution < -0.4 is 0 Å². The lowest BCUT2D eigenvalue weighted by atomic mass is 9.62. The molecule has 3 heteroatoms. The fourth-order valence-electron chi connectivity index (χ4n) is 3.70. The van der Waals surface area contributed by atoms with E-state index in [9.17, 15) is 9.59 Å². The lowest BCUT2D eigenvalue weighted by Crippen LogP contribution is -2.43. The van der Waals surface area contributed by atoms with Crippen LogP contribution in [0.25, 0.3) is 0 Å². The van der Waals surface area contributed by atoms with Crippen LogP contribution in [0.5, 0.6) is 0 Å². The molecule has 0 heterocycles. The van der Waals surface area contributed by atoms with Gasteiger partial charge in [-0.15, -0.1) is 0 Å². The van der Waals surface area contributed by atoms with Crippen LogP contribution in [-0.2, 0) is 14.3 Å². The Bertz CT molecular complexity index is 515. The van der Waals surface area contributed by atoms with E-state index in [0.29, 0.717) is 11.5 Å². The second-order valence-electron chi connectivity index (χ2n) is 6.80. The highest BCUT2D eigenvalue weighted by Crippen LogP contribution is 2.54. The maximum atomic E-state index is 12.1. The molecule has 116 valence electrons. The molecular weight excluding hydrogens is 264 g/mol. The van der Waals surface area contributed by atoms with Gasteiger partial charge in [0.15, 0.2) is 5.78 Å². The first-order chi connectivity index (χ1) is 9.79. The van der Waals surface area contributed by atoms with Gasteiger partial charge in [0.05, 0.1) is 0 Å². The van der Waals surface area contributed by atoms with Gasteiger partial charge in [-0.05, 0) is 56.9 Å². The molecule has 0 aliphatic heterocycles. The molecule has 0 aromatic heterocycles. The Kier molecular flexibility index (Phi) is 4.40. The van der Waals surface area contributed by atoms with Crippen LogP contribution in [0, 0.1) is 17.3 Å². The molecule has 4 atom stereocenters. The highest BCUT2D eigenvalue weighted by Gasteiger charge is 2.50. The first-order valence-corrected chi connectivity index (χ1v) is 7.86. The zero-order chi connectivity index (χ0) is 15.8. The van der Waals surface area contributed by atoms with Crippen molar-refractivity contribution in [3.05, 3.63) is 23.3 Å². The smallest absolute Gasteiger partial charge is 0.333 e. The summed E-state index contributed by atoms with van der Waals surface area (Å²) in [7, 11) is 0. The highest BCUT2D eigenvalue weighted by atomic mass is 16.5. The van der Waals surface area contributed by atoms with Crippen LogP contribution in [0.15, 0.2) is 23.3 Å². The van der Waals surface area contributed by atoms with Crippen molar-refractivity contribution in [1.82, 2.24) is 0 Å². The minimum atomic E-state index is -0.226. The molecule has 0 amide bonds. The number of esters is 1. The van der Waals surface area contributed by atoms with Gasteiger partial charge in [-0.1, -0.05) is 26.0 Å². The van der Waals surface area contributed by atoms with Crippen molar-refractivity contribution in [3.8, 4) is 0 Å². The molecule has 0 saturated heterocycles. The number of carbonyl (C=O) groups is 2. The minimum Gasteiger partial charge on any atom is -0.459 e. The molecule has 21 heavy (non-hydrogen) atoms. The van der Waals surface area contributed by atoms with Gasteiger partial charge in [-0.2, -0.15) is 0 Å². The molecule has 0 bridgehead atoms. The largest absolute Gasteiger partial charge is 0.459 e. The Morgan fingerprint density at radius 3 is 2.57 bits per heavy atom. The summed E-state index contributed by atoms with van der Waals surface area (Å²) in [5.41, 5.74) is 1.52. The molecule has 0 unspecified atom stereocenters. The van der Waals surface area contributed by atoms with Gasteiger partial charge in [0.1, 0.15) is 6.10 Å². The zero-order valence-corrected chi connectivity index (χ0v) is 13.7. The van der Waals surface area contributed by atoms with E-state index in [1.165, 1.54) is 0 Å². The fourth-order valence-corrected chi connectivity index (χ4v) is 3.70. The molecule has 2 aliphatic carbocycles. The third-order valence-electron chi connectivity index (χ3n) is 5.58. The number of allylic oxidation sites excluding steroid dienone is 3. The highest BCUT2D eigenvalue weighted by molar-refractivity contribution is 5.94.